The number of aromatic nitrogens is 3. The fraction of sp³-hybridized carbons (Fsp3) is 0. The Morgan fingerprint density at radius 3 is 2.24 bits per heavy atom. The average molecular weight is 238 g/mol. The van der Waals surface area contributed by atoms with Crippen LogP contribution in [-0.4, -0.2) is 15.0 Å². The molecule has 0 bridgehead atoms. The molecule has 3 nitrogen and oxygen atoms in total. The molecule has 0 aliphatic carbocycles. The fourth-order valence-corrected chi connectivity index (χ4v) is 2.10. The minimum absolute atomic E-state index is 0.964. The lowest BCUT2D eigenvalue weighted by Crippen LogP contribution is -1.82. The van der Waals surface area contributed by atoms with Crippen LogP contribution in [0, 0.1) is 5.51 Å². The molecule has 0 amide bonds. The van der Waals surface area contributed by atoms with E-state index in [2.05, 4.69) is 20.5 Å². The predicted molar refractivity (Wildman–Crippen MR) is 67.4 cm³/mol. The maximum absolute atomic E-state index is 4.16. The normalized spacial score (nSPS) is 10.4. The molecule has 81 valence electrons. The third-order valence-corrected chi connectivity index (χ3v) is 3.00. The highest BCUT2D eigenvalue weighted by Gasteiger charge is 2.01. The van der Waals surface area contributed by atoms with Crippen molar-refractivity contribution in [3.8, 4) is 22.4 Å². The molecule has 1 aromatic carbocycles. The van der Waals surface area contributed by atoms with Crippen LogP contribution in [0.15, 0.2) is 48.4 Å². The van der Waals surface area contributed by atoms with Crippen molar-refractivity contribution < 1.29 is 0 Å². The molecule has 0 atom stereocenters. The molecule has 2 aromatic heterocycles. The van der Waals surface area contributed by atoms with Gasteiger partial charge in [0.2, 0.25) is 0 Å². The van der Waals surface area contributed by atoms with Gasteiger partial charge >= 0.3 is 0 Å². The molecule has 3 rings (SSSR count). The van der Waals surface area contributed by atoms with Crippen LogP contribution in [-0.2, 0) is 0 Å². The van der Waals surface area contributed by atoms with Gasteiger partial charge in [0.05, 0.1) is 5.69 Å². The van der Waals surface area contributed by atoms with E-state index < -0.39 is 0 Å². The first-order valence-electron chi connectivity index (χ1n) is 5.11. The molecular weight excluding hydrogens is 230 g/mol. The van der Waals surface area contributed by atoms with Crippen molar-refractivity contribution in [3.05, 3.63) is 53.9 Å². The van der Waals surface area contributed by atoms with Gasteiger partial charge in [0.25, 0.3) is 0 Å². The summed E-state index contributed by atoms with van der Waals surface area (Å²) in [5.74, 6) is 0. The molecule has 0 unspecified atom stereocenters. The molecule has 0 N–H and O–H groups in total. The SMILES string of the molecule is [c]1nc(-c2ccc(-c3cncnc3)cc2)cs1. The van der Waals surface area contributed by atoms with Gasteiger partial charge in [-0.1, -0.05) is 24.3 Å². The molecule has 0 aliphatic heterocycles. The Hall–Kier alpha value is -2.07. The zero-order valence-corrected chi connectivity index (χ0v) is 9.69. The van der Waals surface area contributed by atoms with Crippen molar-refractivity contribution in [2.45, 2.75) is 0 Å². The number of benzene rings is 1. The van der Waals surface area contributed by atoms with Crippen molar-refractivity contribution in [1.82, 2.24) is 15.0 Å². The van der Waals surface area contributed by atoms with E-state index >= 15 is 0 Å². The second kappa shape index (κ2) is 4.43. The molecule has 0 spiro atoms. The van der Waals surface area contributed by atoms with E-state index in [9.17, 15) is 0 Å². The monoisotopic (exact) mass is 238 g/mol. The molecule has 3 aromatic rings. The molecule has 0 aliphatic rings. The van der Waals surface area contributed by atoms with Crippen LogP contribution < -0.4 is 0 Å². The summed E-state index contributed by atoms with van der Waals surface area (Å²) >= 11 is 1.48. The minimum Gasteiger partial charge on any atom is -0.244 e. The molecule has 2 heterocycles. The first-order chi connectivity index (χ1) is 8.43. The van der Waals surface area contributed by atoms with Gasteiger partial charge < -0.3 is 0 Å². The third kappa shape index (κ3) is 2.07. The van der Waals surface area contributed by atoms with Crippen LogP contribution >= 0.6 is 11.3 Å². The summed E-state index contributed by atoms with van der Waals surface area (Å²) in [5.41, 5.74) is 7.03. The molecule has 17 heavy (non-hydrogen) atoms. The number of hydrogen-bond donors (Lipinski definition) is 0. The topological polar surface area (TPSA) is 38.7 Å². The van der Waals surface area contributed by atoms with E-state index in [1.807, 2.05) is 29.6 Å². The predicted octanol–water partition coefficient (Wildman–Crippen LogP) is 3.07. The molecule has 0 saturated carbocycles. The number of rotatable bonds is 2. The molecular formula is C13H8N3S. The van der Waals surface area contributed by atoms with Gasteiger partial charge in [-0.05, 0) is 5.56 Å². The lowest BCUT2D eigenvalue weighted by atomic mass is 10.1. The summed E-state index contributed by atoms with van der Waals surface area (Å²) in [6.45, 7) is 0. The fourth-order valence-electron chi connectivity index (χ4n) is 1.60. The van der Waals surface area contributed by atoms with Crippen LogP contribution in [0.5, 0.6) is 0 Å². The molecule has 0 fully saturated rings. The maximum atomic E-state index is 4.16. The maximum Gasteiger partial charge on any atom is 0.152 e. The van der Waals surface area contributed by atoms with Crippen molar-refractivity contribution in [2.75, 3.05) is 0 Å². The van der Waals surface area contributed by atoms with Crippen molar-refractivity contribution >= 4 is 11.3 Å². The van der Waals surface area contributed by atoms with Crippen LogP contribution in [0.1, 0.15) is 0 Å². The zero-order valence-electron chi connectivity index (χ0n) is 8.87. The summed E-state index contributed by atoms with van der Waals surface area (Å²) in [4.78, 5) is 12.2. The standard InChI is InChI=1S/C13H8N3S/c1-3-11(13-7-17-9-16-13)4-2-10(1)12-5-14-8-15-6-12/h1-8H. The Morgan fingerprint density at radius 1 is 0.882 bits per heavy atom. The van der Waals surface area contributed by atoms with Gasteiger partial charge in [0, 0.05) is 28.9 Å². The first kappa shape index (κ1) is 10.1. The van der Waals surface area contributed by atoms with E-state index in [4.69, 9.17) is 0 Å². The Morgan fingerprint density at radius 2 is 1.59 bits per heavy atom. The van der Waals surface area contributed by atoms with Gasteiger partial charge in [-0.2, -0.15) is 0 Å². The summed E-state index contributed by atoms with van der Waals surface area (Å²) in [5, 5.41) is 1.99. The molecule has 4 heteroatoms. The Bertz CT molecular complexity index is 588. The Kier molecular flexibility index (Phi) is 2.63. The van der Waals surface area contributed by atoms with Crippen molar-refractivity contribution in [1.29, 1.82) is 0 Å². The van der Waals surface area contributed by atoms with Crippen LogP contribution in [0.25, 0.3) is 22.4 Å². The number of thiazole rings is 1. The largest absolute Gasteiger partial charge is 0.244 e. The number of nitrogens with zero attached hydrogens (tertiary/aromatic N) is 3. The Balaban J connectivity index is 1.96. The highest BCUT2D eigenvalue weighted by molar-refractivity contribution is 7.07. The Labute approximate surface area is 103 Å². The average Bonchev–Trinajstić information content (AvgIpc) is 2.94. The van der Waals surface area contributed by atoms with Gasteiger partial charge in [-0.15, -0.1) is 11.3 Å². The van der Waals surface area contributed by atoms with Gasteiger partial charge in [-0.3, -0.25) is 0 Å². The van der Waals surface area contributed by atoms with Gasteiger partial charge in [0.1, 0.15) is 6.33 Å². The highest BCUT2D eigenvalue weighted by Crippen LogP contribution is 2.23. The summed E-state index contributed by atoms with van der Waals surface area (Å²) in [6, 6.07) is 8.19. The van der Waals surface area contributed by atoms with E-state index in [1.165, 1.54) is 17.7 Å². The van der Waals surface area contributed by atoms with Crippen LogP contribution in [0.2, 0.25) is 0 Å². The number of hydrogen-bond acceptors (Lipinski definition) is 4. The van der Waals surface area contributed by atoms with E-state index in [1.54, 1.807) is 12.4 Å². The van der Waals surface area contributed by atoms with E-state index in [-0.39, 0.29) is 0 Å². The first-order valence-corrected chi connectivity index (χ1v) is 5.99. The quantitative estimate of drug-likeness (QED) is 0.688. The van der Waals surface area contributed by atoms with E-state index in [0.717, 1.165) is 22.4 Å². The van der Waals surface area contributed by atoms with Crippen LogP contribution in [0.3, 0.4) is 0 Å². The zero-order chi connectivity index (χ0) is 11.5. The summed E-state index contributed by atoms with van der Waals surface area (Å²) in [7, 11) is 0. The molecule has 1 radical (unpaired) electrons. The summed E-state index contributed by atoms with van der Waals surface area (Å²) in [6.07, 6.45) is 5.14. The van der Waals surface area contributed by atoms with Gasteiger partial charge in [0.15, 0.2) is 5.51 Å². The minimum atomic E-state index is 0.964. The second-order valence-corrected chi connectivity index (χ2v) is 4.18. The van der Waals surface area contributed by atoms with Crippen molar-refractivity contribution in [2.24, 2.45) is 0 Å². The summed E-state index contributed by atoms with van der Waals surface area (Å²) < 4.78 is 0. The highest BCUT2D eigenvalue weighted by atomic mass is 32.1. The van der Waals surface area contributed by atoms with E-state index in [0.29, 0.717) is 0 Å². The van der Waals surface area contributed by atoms with Gasteiger partial charge in [-0.25, -0.2) is 15.0 Å². The third-order valence-electron chi connectivity index (χ3n) is 2.46. The lowest BCUT2D eigenvalue weighted by Gasteiger charge is -2.01. The van der Waals surface area contributed by atoms with Crippen LogP contribution in [0.4, 0.5) is 0 Å². The lowest BCUT2D eigenvalue weighted by molar-refractivity contribution is 1.17. The smallest absolute Gasteiger partial charge is 0.152 e. The molecule has 0 saturated heterocycles. The second-order valence-electron chi connectivity index (χ2n) is 3.53. The van der Waals surface area contributed by atoms with Crippen molar-refractivity contribution in [3.63, 3.8) is 0 Å².